The van der Waals surface area contributed by atoms with E-state index in [0.717, 1.165) is 60.2 Å². The van der Waals surface area contributed by atoms with Gasteiger partial charge >= 0.3 is 0 Å². The van der Waals surface area contributed by atoms with Crippen LogP contribution in [0.4, 0.5) is 0 Å². The zero-order valence-corrected chi connectivity index (χ0v) is 25.8. The Kier molecular flexibility index (Phi) is 5.14. The summed E-state index contributed by atoms with van der Waals surface area (Å²) in [5.74, 6) is 0. The molecule has 2 nitrogen and oxygen atoms in total. The van der Waals surface area contributed by atoms with Crippen LogP contribution < -0.4 is 0 Å². The summed E-state index contributed by atoms with van der Waals surface area (Å²) >= 11 is 0. The lowest BCUT2D eigenvalue weighted by molar-refractivity contribution is 0.668. The van der Waals surface area contributed by atoms with Gasteiger partial charge in [0.05, 0.1) is 0 Å². The average molecular weight is 611 g/mol. The molecule has 0 radical (unpaired) electrons. The maximum absolute atomic E-state index is 6.67. The Morgan fingerprint density at radius 1 is 0.312 bits per heavy atom. The van der Waals surface area contributed by atoms with Crippen LogP contribution in [0.25, 0.3) is 109 Å². The van der Waals surface area contributed by atoms with Gasteiger partial charge in [0.1, 0.15) is 22.3 Å². The standard InChI is InChI=1S/C46H26O2/c1-2-12-30-27(10-1)11-9-18-32(30)44-35-16-5-3-14-33(35)42(34-15-4-6-17-36(34)44)29-21-24-38-41(26-29)47-40-25-22-28-20-23-37-31-13-7-8-19-39(31)48-46(37)43(28)45(38)40/h1-26H. The molecule has 0 aliphatic rings. The van der Waals surface area contributed by atoms with Crippen LogP contribution in [0, 0.1) is 0 Å². The van der Waals surface area contributed by atoms with Crippen LogP contribution in [0.5, 0.6) is 0 Å². The third-order valence-electron chi connectivity index (χ3n) is 10.2. The van der Waals surface area contributed by atoms with Gasteiger partial charge in [-0.15, -0.1) is 0 Å². The highest BCUT2D eigenvalue weighted by molar-refractivity contribution is 6.29. The predicted octanol–water partition coefficient (Wildman–Crippen LogP) is 13.4. The number of hydrogen-bond acceptors (Lipinski definition) is 2. The van der Waals surface area contributed by atoms with E-state index >= 15 is 0 Å². The van der Waals surface area contributed by atoms with E-state index in [2.05, 4.69) is 146 Å². The van der Waals surface area contributed by atoms with Crippen molar-refractivity contribution >= 4 is 87.0 Å². The third kappa shape index (κ3) is 3.46. The Balaban J connectivity index is 1.21. The molecule has 0 amide bonds. The Morgan fingerprint density at radius 2 is 0.938 bits per heavy atom. The minimum Gasteiger partial charge on any atom is -0.456 e. The Morgan fingerprint density at radius 3 is 1.73 bits per heavy atom. The second-order valence-corrected chi connectivity index (χ2v) is 12.8. The quantitative estimate of drug-likeness (QED) is 0.182. The second kappa shape index (κ2) is 9.57. The first-order valence-corrected chi connectivity index (χ1v) is 16.4. The highest BCUT2D eigenvalue weighted by atomic mass is 16.3. The molecule has 0 unspecified atom stereocenters. The molecule has 2 heteroatoms. The second-order valence-electron chi connectivity index (χ2n) is 12.8. The molecule has 9 aromatic carbocycles. The molecular weight excluding hydrogens is 585 g/mol. The monoisotopic (exact) mass is 610 g/mol. The van der Waals surface area contributed by atoms with Gasteiger partial charge in [-0.25, -0.2) is 0 Å². The molecule has 11 aromatic rings. The molecule has 11 rings (SSSR count). The highest BCUT2D eigenvalue weighted by Gasteiger charge is 2.20. The zero-order chi connectivity index (χ0) is 31.3. The van der Waals surface area contributed by atoms with Crippen LogP contribution in [0.3, 0.4) is 0 Å². The van der Waals surface area contributed by atoms with Gasteiger partial charge in [-0.05, 0) is 90.3 Å². The smallest absolute Gasteiger partial charge is 0.144 e. The molecule has 2 aromatic heterocycles. The lowest BCUT2D eigenvalue weighted by Crippen LogP contribution is -1.91. The molecule has 222 valence electrons. The molecule has 0 aliphatic carbocycles. The Labute approximate surface area is 275 Å². The molecule has 0 bridgehead atoms. The molecular formula is C46H26O2. The molecule has 2 heterocycles. The number of rotatable bonds is 2. The summed E-state index contributed by atoms with van der Waals surface area (Å²) in [6, 6.07) is 56.6. The topological polar surface area (TPSA) is 26.3 Å². The van der Waals surface area contributed by atoms with Gasteiger partial charge in [0.2, 0.25) is 0 Å². The van der Waals surface area contributed by atoms with Crippen LogP contribution in [0.2, 0.25) is 0 Å². The molecule has 0 aliphatic heterocycles. The first-order valence-electron chi connectivity index (χ1n) is 16.4. The van der Waals surface area contributed by atoms with E-state index in [1.165, 1.54) is 49.0 Å². The molecule has 0 saturated heterocycles. The van der Waals surface area contributed by atoms with Crippen molar-refractivity contribution in [1.82, 2.24) is 0 Å². The van der Waals surface area contributed by atoms with Crippen molar-refractivity contribution in [2.75, 3.05) is 0 Å². The van der Waals surface area contributed by atoms with Crippen LogP contribution in [-0.2, 0) is 0 Å². The van der Waals surface area contributed by atoms with Crippen LogP contribution in [0.1, 0.15) is 0 Å². The van der Waals surface area contributed by atoms with Crippen LogP contribution >= 0.6 is 0 Å². The first-order chi connectivity index (χ1) is 23.8. The normalized spacial score (nSPS) is 12.2. The molecule has 0 spiro atoms. The summed E-state index contributed by atoms with van der Waals surface area (Å²) in [7, 11) is 0. The molecule has 0 N–H and O–H groups in total. The van der Waals surface area contributed by atoms with E-state index in [1.54, 1.807) is 0 Å². The van der Waals surface area contributed by atoms with Gasteiger partial charge in [-0.3, -0.25) is 0 Å². The highest BCUT2D eigenvalue weighted by Crippen LogP contribution is 2.47. The molecule has 0 atom stereocenters. The van der Waals surface area contributed by atoms with Gasteiger partial charge in [-0.2, -0.15) is 0 Å². The summed E-state index contributed by atoms with van der Waals surface area (Å²) in [5, 5.41) is 14.1. The van der Waals surface area contributed by atoms with Gasteiger partial charge in [0, 0.05) is 26.9 Å². The van der Waals surface area contributed by atoms with Crippen molar-refractivity contribution in [3.05, 3.63) is 158 Å². The van der Waals surface area contributed by atoms with Gasteiger partial charge in [-0.1, -0.05) is 127 Å². The maximum atomic E-state index is 6.67. The largest absolute Gasteiger partial charge is 0.456 e. The molecule has 0 fully saturated rings. The van der Waals surface area contributed by atoms with E-state index in [4.69, 9.17) is 8.83 Å². The van der Waals surface area contributed by atoms with Gasteiger partial charge in [0.25, 0.3) is 0 Å². The van der Waals surface area contributed by atoms with Crippen LogP contribution in [0.15, 0.2) is 167 Å². The summed E-state index contributed by atoms with van der Waals surface area (Å²) in [5.41, 5.74) is 8.42. The lowest BCUT2D eigenvalue weighted by atomic mass is 9.84. The molecule has 48 heavy (non-hydrogen) atoms. The SMILES string of the molecule is c1ccc2c(-c3c4ccccc4c(-c4ccc5c(c4)oc4ccc6ccc7c8ccccc8oc7c6c45)c4ccccc34)cccc2c1. The number of furan rings is 2. The van der Waals surface area contributed by atoms with Gasteiger partial charge in [0.15, 0.2) is 0 Å². The van der Waals surface area contributed by atoms with Crippen molar-refractivity contribution < 1.29 is 8.83 Å². The van der Waals surface area contributed by atoms with E-state index in [1.807, 2.05) is 12.1 Å². The molecule has 0 saturated carbocycles. The maximum Gasteiger partial charge on any atom is 0.144 e. The summed E-state index contributed by atoms with van der Waals surface area (Å²) in [6.07, 6.45) is 0. The van der Waals surface area contributed by atoms with Gasteiger partial charge < -0.3 is 8.83 Å². The Hall–Kier alpha value is -6.38. The summed E-state index contributed by atoms with van der Waals surface area (Å²) in [6.45, 7) is 0. The van der Waals surface area contributed by atoms with E-state index < -0.39 is 0 Å². The fourth-order valence-electron chi connectivity index (χ4n) is 8.19. The number of hydrogen-bond donors (Lipinski definition) is 0. The van der Waals surface area contributed by atoms with E-state index in [9.17, 15) is 0 Å². The van der Waals surface area contributed by atoms with Crippen molar-refractivity contribution in [2.45, 2.75) is 0 Å². The minimum atomic E-state index is 0.864. The fraction of sp³-hybridized carbons (Fsp3) is 0. The Bertz CT molecular complexity index is 3060. The first kappa shape index (κ1) is 25.8. The van der Waals surface area contributed by atoms with Crippen LogP contribution in [-0.4, -0.2) is 0 Å². The van der Waals surface area contributed by atoms with Crippen molar-refractivity contribution in [2.24, 2.45) is 0 Å². The van der Waals surface area contributed by atoms with Crippen molar-refractivity contribution in [3.63, 3.8) is 0 Å². The zero-order valence-electron chi connectivity index (χ0n) is 25.8. The number of benzene rings is 9. The summed E-state index contributed by atoms with van der Waals surface area (Å²) in [4.78, 5) is 0. The van der Waals surface area contributed by atoms with Crippen molar-refractivity contribution in [3.8, 4) is 22.3 Å². The minimum absolute atomic E-state index is 0.864. The number of fused-ring (bicyclic) bond motifs is 12. The van der Waals surface area contributed by atoms with E-state index in [0.29, 0.717) is 0 Å². The predicted molar refractivity (Wildman–Crippen MR) is 202 cm³/mol. The lowest BCUT2D eigenvalue weighted by Gasteiger charge is -2.18. The fourth-order valence-corrected chi connectivity index (χ4v) is 8.19. The van der Waals surface area contributed by atoms with Crippen molar-refractivity contribution in [1.29, 1.82) is 0 Å². The number of para-hydroxylation sites is 1. The summed E-state index contributed by atoms with van der Waals surface area (Å²) < 4.78 is 13.2. The average Bonchev–Trinajstić information content (AvgIpc) is 3.72. The van der Waals surface area contributed by atoms with E-state index in [-0.39, 0.29) is 0 Å². The third-order valence-corrected chi connectivity index (χ3v) is 10.2.